The van der Waals surface area contributed by atoms with E-state index in [2.05, 4.69) is 70.2 Å². The molecule has 0 spiro atoms. The maximum atomic E-state index is 12.7. The molecule has 0 aromatic heterocycles. The zero-order chi connectivity index (χ0) is 23.3. The summed E-state index contributed by atoms with van der Waals surface area (Å²) < 4.78 is 6.09. The van der Waals surface area contributed by atoms with E-state index >= 15 is 0 Å². The molecule has 0 aliphatic carbocycles. The van der Waals surface area contributed by atoms with Crippen LogP contribution in [-0.4, -0.2) is 42.2 Å². The van der Waals surface area contributed by atoms with E-state index in [1.165, 1.54) is 23.0 Å². The fourth-order valence-electron chi connectivity index (χ4n) is 4.05. The highest BCUT2D eigenvalue weighted by molar-refractivity contribution is 8.18. The van der Waals surface area contributed by atoms with Gasteiger partial charge in [-0.3, -0.25) is 4.79 Å². The van der Waals surface area contributed by atoms with E-state index < -0.39 is 0 Å². The second-order valence-electron chi connectivity index (χ2n) is 8.43. The molecule has 2 heterocycles. The molecule has 3 aromatic carbocycles. The van der Waals surface area contributed by atoms with Gasteiger partial charge < -0.3 is 14.5 Å². The maximum Gasteiger partial charge on any atom is 0.286 e. The first kappa shape index (κ1) is 22.3. The van der Waals surface area contributed by atoms with E-state index in [1.54, 1.807) is 0 Å². The Balaban J connectivity index is 1.23. The highest BCUT2D eigenvalue weighted by atomic mass is 32.2. The number of piperazine rings is 1. The molecule has 6 heteroatoms. The Morgan fingerprint density at radius 1 is 0.882 bits per heavy atom. The first-order valence-electron chi connectivity index (χ1n) is 11.5. The molecule has 172 valence electrons. The predicted molar refractivity (Wildman–Crippen MR) is 140 cm³/mol. The zero-order valence-corrected chi connectivity index (χ0v) is 20.0. The molecular weight excluding hydrogens is 442 g/mol. The molecule has 0 N–H and O–H groups in total. The number of para-hydroxylation sites is 2. The van der Waals surface area contributed by atoms with Gasteiger partial charge in [-0.05, 0) is 48.5 Å². The minimum Gasteiger partial charge on any atom is -0.488 e. The van der Waals surface area contributed by atoms with Crippen molar-refractivity contribution in [3.05, 3.63) is 100 Å². The lowest BCUT2D eigenvalue weighted by Gasteiger charge is -2.36. The molecule has 0 bridgehead atoms. The summed E-state index contributed by atoms with van der Waals surface area (Å²) in [6, 6.07) is 26.6. The number of anilines is 1. The van der Waals surface area contributed by atoms with Gasteiger partial charge in [-0.2, -0.15) is 4.99 Å². The molecular formula is C28H27N3O2S. The second-order valence-corrected chi connectivity index (χ2v) is 9.44. The number of amidine groups is 1. The lowest BCUT2D eigenvalue weighted by Crippen LogP contribution is -2.47. The summed E-state index contributed by atoms with van der Waals surface area (Å²) in [4.78, 5) is 22.3. The molecule has 2 aliphatic heterocycles. The van der Waals surface area contributed by atoms with Crippen LogP contribution in [0.4, 0.5) is 5.69 Å². The van der Waals surface area contributed by atoms with Crippen molar-refractivity contribution in [1.29, 1.82) is 0 Å². The van der Waals surface area contributed by atoms with Gasteiger partial charge in [0.2, 0.25) is 0 Å². The van der Waals surface area contributed by atoms with Gasteiger partial charge in [0.1, 0.15) is 12.4 Å². The summed E-state index contributed by atoms with van der Waals surface area (Å²) in [7, 11) is 0. The van der Waals surface area contributed by atoms with Crippen LogP contribution in [0.15, 0.2) is 88.8 Å². The third-order valence-electron chi connectivity index (χ3n) is 6.00. The Bertz CT molecular complexity index is 1210. The lowest BCUT2D eigenvalue weighted by atomic mass is 10.1. The standard InChI is InChI=1S/C28H27N3O2S/c1-21-11-13-22(14-12-21)20-33-25-10-6-5-7-23(25)19-26-27(32)29-28(34-26)31-17-15-30(16-18-31)24-8-3-2-4-9-24/h2-14,19H,15-18,20H2,1H3/b26-19-. The van der Waals surface area contributed by atoms with Crippen LogP contribution in [-0.2, 0) is 11.4 Å². The number of nitrogens with zero attached hydrogens (tertiary/aromatic N) is 3. The van der Waals surface area contributed by atoms with Crippen LogP contribution in [0.25, 0.3) is 6.08 Å². The van der Waals surface area contributed by atoms with Gasteiger partial charge in [-0.1, -0.05) is 66.2 Å². The lowest BCUT2D eigenvalue weighted by molar-refractivity contribution is -0.113. The molecule has 0 atom stereocenters. The number of hydrogen-bond donors (Lipinski definition) is 0. The second kappa shape index (κ2) is 10.2. The highest BCUT2D eigenvalue weighted by Crippen LogP contribution is 2.33. The van der Waals surface area contributed by atoms with Crippen molar-refractivity contribution in [1.82, 2.24) is 4.90 Å². The Labute approximate surface area is 204 Å². The highest BCUT2D eigenvalue weighted by Gasteiger charge is 2.28. The van der Waals surface area contributed by atoms with E-state index in [-0.39, 0.29) is 5.91 Å². The van der Waals surface area contributed by atoms with E-state index in [0.29, 0.717) is 11.5 Å². The number of carbonyl (C=O) groups is 1. The van der Waals surface area contributed by atoms with E-state index in [1.807, 2.05) is 36.4 Å². The van der Waals surface area contributed by atoms with Crippen LogP contribution in [0, 0.1) is 6.92 Å². The largest absolute Gasteiger partial charge is 0.488 e. The van der Waals surface area contributed by atoms with E-state index in [9.17, 15) is 4.79 Å². The normalized spacial score (nSPS) is 17.3. The summed E-state index contributed by atoms with van der Waals surface area (Å²) in [5, 5.41) is 0.794. The van der Waals surface area contributed by atoms with Gasteiger partial charge >= 0.3 is 0 Å². The van der Waals surface area contributed by atoms with Gasteiger partial charge in [-0.15, -0.1) is 0 Å². The number of ether oxygens (including phenoxy) is 1. The molecule has 1 fully saturated rings. The van der Waals surface area contributed by atoms with Crippen LogP contribution < -0.4 is 9.64 Å². The van der Waals surface area contributed by atoms with Crippen molar-refractivity contribution in [2.45, 2.75) is 13.5 Å². The topological polar surface area (TPSA) is 45.1 Å². The van der Waals surface area contributed by atoms with E-state index in [4.69, 9.17) is 4.74 Å². The van der Waals surface area contributed by atoms with E-state index in [0.717, 1.165) is 48.2 Å². The van der Waals surface area contributed by atoms with Gasteiger partial charge in [0.15, 0.2) is 5.17 Å². The molecule has 0 saturated carbocycles. The number of amides is 1. The molecule has 2 aliphatic rings. The first-order valence-corrected chi connectivity index (χ1v) is 12.3. The Morgan fingerprint density at radius 3 is 2.32 bits per heavy atom. The molecule has 34 heavy (non-hydrogen) atoms. The fourth-order valence-corrected chi connectivity index (χ4v) is 5.00. The maximum absolute atomic E-state index is 12.7. The summed E-state index contributed by atoms with van der Waals surface area (Å²) in [5.41, 5.74) is 4.46. The van der Waals surface area contributed by atoms with Crippen LogP contribution in [0.2, 0.25) is 0 Å². The third kappa shape index (κ3) is 5.18. The van der Waals surface area contributed by atoms with Crippen molar-refractivity contribution < 1.29 is 9.53 Å². The van der Waals surface area contributed by atoms with Crippen LogP contribution in [0.5, 0.6) is 5.75 Å². The monoisotopic (exact) mass is 469 g/mol. The fraction of sp³-hybridized carbons (Fsp3) is 0.214. The number of carbonyl (C=O) groups excluding carboxylic acids is 1. The van der Waals surface area contributed by atoms with Crippen LogP contribution in [0.1, 0.15) is 16.7 Å². The molecule has 0 radical (unpaired) electrons. The molecule has 3 aromatic rings. The Kier molecular flexibility index (Phi) is 6.67. The number of aryl methyl sites for hydroxylation is 1. The van der Waals surface area contributed by atoms with Gasteiger partial charge in [0.25, 0.3) is 5.91 Å². The van der Waals surface area contributed by atoms with Gasteiger partial charge in [0.05, 0.1) is 4.91 Å². The number of hydrogen-bond acceptors (Lipinski definition) is 5. The Hall–Kier alpha value is -3.51. The third-order valence-corrected chi connectivity index (χ3v) is 7.05. The molecule has 5 rings (SSSR count). The van der Waals surface area contributed by atoms with Crippen molar-refractivity contribution in [3.8, 4) is 5.75 Å². The summed E-state index contributed by atoms with van der Waals surface area (Å²) in [5.74, 6) is 0.577. The smallest absolute Gasteiger partial charge is 0.286 e. The molecule has 5 nitrogen and oxygen atoms in total. The van der Waals surface area contributed by atoms with Crippen molar-refractivity contribution in [3.63, 3.8) is 0 Å². The number of rotatable bonds is 5. The van der Waals surface area contributed by atoms with Gasteiger partial charge in [0, 0.05) is 37.4 Å². The quantitative estimate of drug-likeness (QED) is 0.471. The average molecular weight is 470 g/mol. The summed E-state index contributed by atoms with van der Waals surface area (Å²) >= 11 is 1.46. The summed E-state index contributed by atoms with van der Waals surface area (Å²) in [6.07, 6.45) is 1.90. The SMILES string of the molecule is Cc1ccc(COc2ccccc2/C=C2\SC(N3CCN(c4ccccc4)CC3)=NC2=O)cc1. The van der Waals surface area contributed by atoms with Crippen LogP contribution in [0.3, 0.4) is 0 Å². The molecule has 1 saturated heterocycles. The average Bonchev–Trinajstić information content (AvgIpc) is 3.25. The van der Waals surface area contributed by atoms with Gasteiger partial charge in [-0.25, -0.2) is 0 Å². The van der Waals surface area contributed by atoms with Crippen LogP contribution >= 0.6 is 11.8 Å². The minimum absolute atomic E-state index is 0.182. The molecule has 1 amide bonds. The summed E-state index contributed by atoms with van der Waals surface area (Å²) in [6.45, 7) is 6.06. The first-order chi connectivity index (χ1) is 16.7. The Morgan fingerprint density at radius 2 is 1.56 bits per heavy atom. The number of benzene rings is 3. The number of thioether (sulfide) groups is 1. The predicted octanol–water partition coefficient (Wildman–Crippen LogP) is 5.37. The molecule has 0 unspecified atom stereocenters. The van der Waals surface area contributed by atoms with Crippen molar-refractivity contribution in [2.24, 2.45) is 4.99 Å². The zero-order valence-electron chi connectivity index (χ0n) is 19.2. The van der Waals surface area contributed by atoms with Crippen molar-refractivity contribution in [2.75, 3.05) is 31.1 Å². The number of aliphatic imine (C=N–C) groups is 1. The minimum atomic E-state index is -0.182. The van der Waals surface area contributed by atoms with Crippen molar-refractivity contribution >= 4 is 34.6 Å².